The van der Waals surface area contributed by atoms with Gasteiger partial charge in [0.1, 0.15) is 6.04 Å². The van der Waals surface area contributed by atoms with E-state index in [2.05, 4.69) is 9.72 Å². The Morgan fingerprint density at radius 1 is 1.62 bits per heavy atom. The van der Waals surface area contributed by atoms with Crippen LogP contribution < -0.4 is 5.73 Å². The van der Waals surface area contributed by atoms with Gasteiger partial charge >= 0.3 is 5.97 Å². The number of methoxy groups -OCH3 is 1. The summed E-state index contributed by atoms with van der Waals surface area (Å²) in [6, 6.07) is 4.56. The number of pyridine rings is 1. The fourth-order valence-corrected chi connectivity index (χ4v) is 0.985. The SMILES string of the molecule is COC(=O)[C@@H](N)c1cccc(C)n1. The first-order valence-electron chi connectivity index (χ1n) is 3.92. The molecular weight excluding hydrogens is 168 g/mol. The Labute approximate surface area is 76.7 Å². The van der Waals surface area contributed by atoms with Gasteiger partial charge in [0.15, 0.2) is 0 Å². The summed E-state index contributed by atoms with van der Waals surface area (Å²) in [5.74, 6) is -0.474. The van der Waals surface area contributed by atoms with Crippen LogP contribution in [-0.2, 0) is 9.53 Å². The number of carbonyl (C=O) groups is 1. The Bertz CT molecular complexity index is 312. The molecule has 4 heteroatoms. The van der Waals surface area contributed by atoms with Crippen LogP contribution in [-0.4, -0.2) is 18.1 Å². The zero-order chi connectivity index (χ0) is 9.84. The maximum atomic E-state index is 11.0. The highest BCUT2D eigenvalue weighted by atomic mass is 16.5. The largest absolute Gasteiger partial charge is 0.468 e. The number of aromatic nitrogens is 1. The molecule has 1 aromatic heterocycles. The van der Waals surface area contributed by atoms with Crippen LogP contribution in [0.1, 0.15) is 17.4 Å². The van der Waals surface area contributed by atoms with E-state index >= 15 is 0 Å². The summed E-state index contributed by atoms with van der Waals surface area (Å²) in [6.45, 7) is 1.84. The molecule has 0 aliphatic carbocycles. The zero-order valence-corrected chi connectivity index (χ0v) is 7.65. The lowest BCUT2D eigenvalue weighted by molar-refractivity contribution is -0.142. The monoisotopic (exact) mass is 180 g/mol. The van der Waals surface area contributed by atoms with Crippen LogP contribution >= 0.6 is 0 Å². The molecule has 0 radical (unpaired) electrons. The highest BCUT2D eigenvalue weighted by molar-refractivity contribution is 5.76. The molecular formula is C9H12N2O2. The quantitative estimate of drug-likeness (QED) is 0.675. The Morgan fingerprint density at radius 3 is 2.85 bits per heavy atom. The highest BCUT2D eigenvalue weighted by Gasteiger charge is 2.16. The summed E-state index contributed by atoms with van der Waals surface area (Å²) in [5, 5.41) is 0. The van der Waals surface area contributed by atoms with Crippen LogP contribution in [0.5, 0.6) is 0 Å². The molecule has 4 nitrogen and oxygen atoms in total. The second kappa shape index (κ2) is 4.00. The summed E-state index contributed by atoms with van der Waals surface area (Å²) in [5.41, 5.74) is 6.95. The predicted octanol–water partition coefficient (Wildman–Crippen LogP) is 0.563. The van der Waals surface area contributed by atoms with Crippen molar-refractivity contribution in [2.24, 2.45) is 5.73 Å². The van der Waals surface area contributed by atoms with Crippen LogP contribution in [0.4, 0.5) is 0 Å². The molecule has 0 unspecified atom stereocenters. The van der Waals surface area contributed by atoms with E-state index in [4.69, 9.17) is 5.73 Å². The molecule has 0 saturated carbocycles. The molecule has 1 aromatic rings. The number of esters is 1. The van der Waals surface area contributed by atoms with Crippen LogP contribution in [0, 0.1) is 6.92 Å². The minimum absolute atomic E-state index is 0.474. The second-order valence-corrected chi connectivity index (χ2v) is 2.70. The first kappa shape index (κ1) is 9.67. The molecule has 2 N–H and O–H groups in total. The molecule has 13 heavy (non-hydrogen) atoms. The lowest BCUT2D eigenvalue weighted by Crippen LogP contribution is -2.23. The third-order valence-corrected chi connectivity index (χ3v) is 1.68. The summed E-state index contributed by atoms with van der Waals surface area (Å²) in [7, 11) is 1.30. The first-order valence-corrected chi connectivity index (χ1v) is 3.92. The predicted molar refractivity (Wildman–Crippen MR) is 47.9 cm³/mol. The van der Waals surface area contributed by atoms with Gasteiger partial charge in [0.25, 0.3) is 0 Å². The van der Waals surface area contributed by atoms with Gasteiger partial charge in [-0.25, -0.2) is 4.79 Å². The van der Waals surface area contributed by atoms with Gasteiger partial charge in [-0.05, 0) is 19.1 Å². The van der Waals surface area contributed by atoms with Crippen LogP contribution in [0.2, 0.25) is 0 Å². The number of nitrogens with zero attached hydrogens (tertiary/aromatic N) is 1. The number of nitrogens with two attached hydrogens (primary N) is 1. The molecule has 0 saturated heterocycles. The molecule has 1 heterocycles. The van der Waals surface area contributed by atoms with Crippen LogP contribution in [0.3, 0.4) is 0 Å². The van der Waals surface area contributed by atoms with Crippen molar-refractivity contribution >= 4 is 5.97 Å². The minimum atomic E-state index is -0.787. The third kappa shape index (κ3) is 2.26. The van der Waals surface area contributed by atoms with Gasteiger partial charge in [-0.3, -0.25) is 4.98 Å². The van der Waals surface area contributed by atoms with Gasteiger partial charge < -0.3 is 10.5 Å². The van der Waals surface area contributed by atoms with Crippen molar-refractivity contribution in [3.63, 3.8) is 0 Å². The molecule has 0 aromatic carbocycles. The van der Waals surface area contributed by atoms with Gasteiger partial charge in [-0.2, -0.15) is 0 Å². The summed E-state index contributed by atoms with van der Waals surface area (Å²) in [6.07, 6.45) is 0. The normalized spacial score (nSPS) is 12.2. The minimum Gasteiger partial charge on any atom is -0.468 e. The first-order chi connectivity index (χ1) is 6.15. The molecule has 0 aliphatic rings. The summed E-state index contributed by atoms with van der Waals surface area (Å²) >= 11 is 0. The number of hydrogen-bond acceptors (Lipinski definition) is 4. The Balaban J connectivity index is 2.88. The van der Waals surface area contributed by atoms with Gasteiger partial charge in [0.2, 0.25) is 0 Å². The van der Waals surface area contributed by atoms with E-state index in [0.717, 1.165) is 5.69 Å². The van der Waals surface area contributed by atoms with Crippen molar-refractivity contribution in [3.05, 3.63) is 29.6 Å². The van der Waals surface area contributed by atoms with Crippen molar-refractivity contribution in [2.45, 2.75) is 13.0 Å². The molecule has 1 rings (SSSR count). The van der Waals surface area contributed by atoms with Crippen molar-refractivity contribution < 1.29 is 9.53 Å². The molecule has 1 atom stereocenters. The smallest absolute Gasteiger partial charge is 0.328 e. The molecule has 70 valence electrons. The van der Waals surface area contributed by atoms with Gasteiger partial charge in [0.05, 0.1) is 12.8 Å². The maximum absolute atomic E-state index is 11.0. The standard InChI is InChI=1S/C9H12N2O2/c1-6-4-3-5-7(11-6)8(10)9(12)13-2/h3-5,8H,10H2,1-2H3/t8-/m0/s1. The number of carbonyl (C=O) groups excluding carboxylic acids is 1. The number of ether oxygens (including phenoxy) is 1. The van der Waals surface area contributed by atoms with E-state index < -0.39 is 12.0 Å². The average molecular weight is 180 g/mol. The fourth-order valence-electron chi connectivity index (χ4n) is 0.985. The fraction of sp³-hybridized carbons (Fsp3) is 0.333. The van der Waals surface area contributed by atoms with Crippen LogP contribution in [0.25, 0.3) is 0 Å². The second-order valence-electron chi connectivity index (χ2n) is 2.70. The molecule has 0 fully saturated rings. The topological polar surface area (TPSA) is 65.2 Å². The summed E-state index contributed by atoms with van der Waals surface area (Å²) in [4.78, 5) is 15.2. The zero-order valence-electron chi connectivity index (χ0n) is 7.65. The van der Waals surface area contributed by atoms with Crippen molar-refractivity contribution in [1.29, 1.82) is 0 Å². The van der Waals surface area contributed by atoms with Crippen molar-refractivity contribution in [2.75, 3.05) is 7.11 Å². The van der Waals surface area contributed by atoms with E-state index in [1.165, 1.54) is 7.11 Å². The van der Waals surface area contributed by atoms with E-state index in [9.17, 15) is 4.79 Å². The molecule has 0 bridgehead atoms. The van der Waals surface area contributed by atoms with E-state index in [0.29, 0.717) is 5.69 Å². The van der Waals surface area contributed by atoms with Gasteiger partial charge in [0, 0.05) is 5.69 Å². The van der Waals surface area contributed by atoms with Crippen molar-refractivity contribution in [3.8, 4) is 0 Å². The summed E-state index contributed by atoms with van der Waals surface area (Å²) < 4.78 is 4.50. The Hall–Kier alpha value is -1.42. The van der Waals surface area contributed by atoms with E-state index in [1.807, 2.05) is 13.0 Å². The van der Waals surface area contributed by atoms with Crippen molar-refractivity contribution in [1.82, 2.24) is 4.98 Å². The lowest BCUT2D eigenvalue weighted by atomic mass is 10.2. The average Bonchev–Trinajstić information content (AvgIpc) is 2.15. The Morgan fingerprint density at radius 2 is 2.31 bits per heavy atom. The van der Waals surface area contributed by atoms with Gasteiger partial charge in [-0.15, -0.1) is 0 Å². The molecule has 0 aliphatic heterocycles. The van der Waals surface area contributed by atoms with Crippen LogP contribution in [0.15, 0.2) is 18.2 Å². The number of rotatable bonds is 2. The molecule has 0 spiro atoms. The number of aryl methyl sites for hydroxylation is 1. The van der Waals surface area contributed by atoms with E-state index in [-0.39, 0.29) is 0 Å². The number of hydrogen-bond donors (Lipinski definition) is 1. The highest BCUT2D eigenvalue weighted by Crippen LogP contribution is 2.08. The lowest BCUT2D eigenvalue weighted by Gasteiger charge is -2.08. The maximum Gasteiger partial charge on any atom is 0.328 e. The molecule has 0 amide bonds. The van der Waals surface area contributed by atoms with E-state index in [1.54, 1.807) is 12.1 Å². The third-order valence-electron chi connectivity index (χ3n) is 1.68. The van der Waals surface area contributed by atoms with Gasteiger partial charge in [-0.1, -0.05) is 6.07 Å². The Kier molecular flexibility index (Phi) is 2.97.